The van der Waals surface area contributed by atoms with Crippen LogP contribution in [-0.4, -0.2) is 31.4 Å². The third-order valence-electron chi connectivity index (χ3n) is 4.06. The van der Waals surface area contributed by atoms with Crippen molar-refractivity contribution in [3.63, 3.8) is 0 Å². The maximum Gasteiger partial charge on any atom is 0.148 e. The van der Waals surface area contributed by atoms with Gasteiger partial charge in [0.25, 0.3) is 0 Å². The first-order chi connectivity index (χ1) is 13.7. The minimum atomic E-state index is 0.509. The summed E-state index contributed by atoms with van der Waals surface area (Å²) in [7, 11) is 0. The molecule has 0 amide bonds. The number of hydrogen-bond donors (Lipinski definition) is 1. The molecule has 3 aromatic rings. The van der Waals surface area contributed by atoms with E-state index in [1.165, 1.54) is 28.8 Å². The minimum absolute atomic E-state index is 0.509. The van der Waals surface area contributed by atoms with Crippen LogP contribution in [0.25, 0.3) is 0 Å². The van der Waals surface area contributed by atoms with Crippen molar-refractivity contribution < 1.29 is 0 Å². The zero-order valence-corrected chi connectivity index (χ0v) is 18.0. The fourth-order valence-electron chi connectivity index (χ4n) is 2.52. The van der Waals surface area contributed by atoms with E-state index in [1.807, 2.05) is 42.1 Å². The molecule has 0 saturated carbocycles. The van der Waals surface area contributed by atoms with Crippen LogP contribution in [0.1, 0.15) is 23.2 Å². The van der Waals surface area contributed by atoms with Gasteiger partial charge in [-0.25, -0.2) is 9.97 Å². The van der Waals surface area contributed by atoms with E-state index in [4.69, 9.17) is 11.6 Å². The second-order valence-corrected chi connectivity index (χ2v) is 8.71. The van der Waals surface area contributed by atoms with E-state index in [9.17, 15) is 0 Å². The van der Waals surface area contributed by atoms with Crippen LogP contribution in [0.15, 0.2) is 54.2 Å². The number of aromatic nitrogens is 4. The Morgan fingerprint density at radius 1 is 1.04 bits per heavy atom. The second-order valence-electron chi connectivity index (χ2n) is 6.06. The molecule has 3 heterocycles. The third kappa shape index (κ3) is 6.36. The van der Waals surface area contributed by atoms with E-state index in [0.717, 1.165) is 23.0 Å². The molecule has 0 spiro atoms. The van der Waals surface area contributed by atoms with Crippen LogP contribution in [0.2, 0.25) is 5.02 Å². The first kappa shape index (κ1) is 20.9. The highest BCUT2D eigenvalue weighted by Crippen LogP contribution is 2.26. The molecule has 0 unspecified atom stereocenters. The number of nitrogens with one attached hydrogen (secondary N) is 1. The smallest absolute Gasteiger partial charge is 0.148 e. The van der Waals surface area contributed by atoms with Gasteiger partial charge >= 0.3 is 0 Å². The quantitative estimate of drug-likeness (QED) is 0.347. The molecule has 0 aliphatic heterocycles. The number of anilines is 1. The molecule has 0 atom stereocenters. The summed E-state index contributed by atoms with van der Waals surface area (Å²) in [5, 5.41) is 3.74. The second kappa shape index (κ2) is 11.2. The molecule has 0 aromatic carbocycles. The Kier molecular flexibility index (Phi) is 8.39. The molecule has 28 heavy (non-hydrogen) atoms. The maximum atomic E-state index is 6.09. The molecule has 0 aliphatic rings. The lowest BCUT2D eigenvalue weighted by Gasteiger charge is -2.12. The van der Waals surface area contributed by atoms with Crippen molar-refractivity contribution in [3.05, 3.63) is 71.2 Å². The molecule has 8 heteroatoms. The van der Waals surface area contributed by atoms with Gasteiger partial charge in [-0.15, -0.1) is 11.8 Å². The summed E-state index contributed by atoms with van der Waals surface area (Å²) in [6, 6.07) is 6.24. The lowest BCUT2D eigenvalue weighted by molar-refractivity contribution is 0.975. The molecule has 1 N–H and O–H groups in total. The standard InChI is InChI=1S/C20H22ClN5S2/c1-15-18(12-25-20-17(21)11-23-14-26-20)24-8-5-19(15)28-10-2-9-27-13-16-3-6-22-7-4-16/h3-8,11,14H,2,9-10,12-13H2,1H3,(H,23,25,26). The summed E-state index contributed by atoms with van der Waals surface area (Å²) in [6.45, 7) is 2.70. The van der Waals surface area contributed by atoms with Gasteiger partial charge in [-0.2, -0.15) is 11.8 Å². The maximum absolute atomic E-state index is 6.09. The molecule has 3 rings (SSSR count). The van der Waals surface area contributed by atoms with Crippen LogP contribution in [0.5, 0.6) is 0 Å². The third-order valence-corrected chi connectivity index (χ3v) is 6.70. The monoisotopic (exact) mass is 431 g/mol. The molecular weight excluding hydrogens is 410 g/mol. The van der Waals surface area contributed by atoms with E-state index in [2.05, 4.69) is 50.4 Å². The van der Waals surface area contributed by atoms with Crippen molar-refractivity contribution in [2.75, 3.05) is 16.8 Å². The van der Waals surface area contributed by atoms with Gasteiger partial charge in [0.05, 0.1) is 18.4 Å². The summed E-state index contributed by atoms with van der Waals surface area (Å²) in [5.41, 5.74) is 3.54. The van der Waals surface area contributed by atoms with Crippen molar-refractivity contribution in [1.29, 1.82) is 0 Å². The van der Waals surface area contributed by atoms with Gasteiger partial charge in [-0.05, 0) is 54.2 Å². The Bertz CT molecular complexity index is 879. The zero-order chi connectivity index (χ0) is 19.6. The minimum Gasteiger partial charge on any atom is -0.363 e. The van der Waals surface area contributed by atoms with Crippen LogP contribution in [0.4, 0.5) is 5.82 Å². The van der Waals surface area contributed by atoms with Crippen LogP contribution in [0.3, 0.4) is 0 Å². The predicted octanol–water partition coefficient (Wildman–Crippen LogP) is 5.26. The van der Waals surface area contributed by atoms with Gasteiger partial charge in [0.1, 0.15) is 17.2 Å². The van der Waals surface area contributed by atoms with Gasteiger partial charge in [-0.3, -0.25) is 9.97 Å². The van der Waals surface area contributed by atoms with Gasteiger partial charge in [0, 0.05) is 29.2 Å². The van der Waals surface area contributed by atoms with Crippen molar-refractivity contribution in [2.24, 2.45) is 0 Å². The summed E-state index contributed by atoms with van der Waals surface area (Å²) in [4.78, 5) is 17.9. The lowest BCUT2D eigenvalue weighted by Crippen LogP contribution is -2.06. The summed E-state index contributed by atoms with van der Waals surface area (Å²) >= 11 is 9.95. The van der Waals surface area contributed by atoms with Crippen LogP contribution in [-0.2, 0) is 12.3 Å². The average Bonchev–Trinajstić information content (AvgIpc) is 2.72. The van der Waals surface area contributed by atoms with Crippen molar-refractivity contribution in [3.8, 4) is 0 Å². The highest BCUT2D eigenvalue weighted by Gasteiger charge is 2.08. The number of hydrogen-bond acceptors (Lipinski definition) is 7. The van der Waals surface area contributed by atoms with E-state index in [-0.39, 0.29) is 0 Å². The lowest BCUT2D eigenvalue weighted by atomic mass is 10.2. The average molecular weight is 432 g/mol. The topological polar surface area (TPSA) is 63.6 Å². The normalized spacial score (nSPS) is 10.8. The Balaban J connectivity index is 1.43. The highest BCUT2D eigenvalue weighted by atomic mass is 35.5. The van der Waals surface area contributed by atoms with E-state index >= 15 is 0 Å². The summed E-state index contributed by atoms with van der Waals surface area (Å²) in [6.07, 6.45) is 9.80. The molecule has 3 aromatic heterocycles. The number of thioether (sulfide) groups is 2. The van der Waals surface area contributed by atoms with Crippen molar-refractivity contribution >= 4 is 40.9 Å². The molecule has 5 nitrogen and oxygen atoms in total. The van der Waals surface area contributed by atoms with E-state index < -0.39 is 0 Å². The number of halogens is 1. The fourth-order valence-corrected chi connectivity index (χ4v) is 4.79. The number of nitrogens with zero attached hydrogens (tertiary/aromatic N) is 4. The van der Waals surface area contributed by atoms with Crippen LogP contribution >= 0.6 is 35.1 Å². The Morgan fingerprint density at radius 2 is 1.89 bits per heavy atom. The molecule has 0 fully saturated rings. The molecular formula is C20H22ClN5S2. The van der Waals surface area contributed by atoms with Crippen molar-refractivity contribution in [2.45, 2.75) is 30.5 Å². The SMILES string of the molecule is Cc1c(SCCCSCc2ccncc2)ccnc1CNc1ncncc1Cl. The molecule has 0 bridgehead atoms. The summed E-state index contributed by atoms with van der Waals surface area (Å²) in [5.74, 6) is 3.92. The first-order valence-corrected chi connectivity index (χ1v) is 11.5. The van der Waals surface area contributed by atoms with Crippen LogP contribution < -0.4 is 5.32 Å². The Labute approximate surface area is 179 Å². The van der Waals surface area contributed by atoms with Gasteiger partial charge in [-0.1, -0.05) is 11.6 Å². The number of rotatable bonds is 10. The predicted molar refractivity (Wildman–Crippen MR) is 119 cm³/mol. The molecule has 146 valence electrons. The molecule has 0 radical (unpaired) electrons. The Morgan fingerprint density at radius 3 is 2.71 bits per heavy atom. The Hall–Kier alpha value is -1.83. The number of pyridine rings is 2. The van der Waals surface area contributed by atoms with Gasteiger partial charge in [0.15, 0.2) is 0 Å². The zero-order valence-electron chi connectivity index (χ0n) is 15.6. The van der Waals surface area contributed by atoms with Gasteiger partial charge < -0.3 is 5.32 Å². The molecule has 0 aliphatic carbocycles. The van der Waals surface area contributed by atoms with Crippen molar-refractivity contribution in [1.82, 2.24) is 19.9 Å². The van der Waals surface area contributed by atoms with E-state index in [1.54, 1.807) is 6.20 Å². The largest absolute Gasteiger partial charge is 0.363 e. The fraction of sp³-hybridized carbons (Fsp3) is 0.300. The highest BCUT2D eigenvalue weighted by molar-refractivity contribution is 7.99. The van der Waals surface area contributed by atoms with E-state index in [0.29, 0.717) is 17.4 Å². The first-order valence-electron chi connectivity index (χ1n) is 8.97. The molecule has 0 saturated heterocycles. The summed E-state index contributed by atoms with van der Waals surface area (Å²) < 4.78 is 0. The van der Waals surface area contributed by atoms with Crippen LogP contribution in [0, 0.1) is 6.92 Å². The van der Waals surface area contributed by atoms with Gasteiger partial charge in [0.2, 0.25) is 0 Å².